The smallest absolute Gasteiger partial charge is 0.243 e. The lowest BCUT2D eigenvalue weighted by Gasteiger charge is -2.31. The zero-order chi connectivity index (χ0) is 41.3. The molecule has 12 heteroatoms. The van der Waals surface area contributed by atoms with Gasteiger partial charge in [0, 0.05) is 43.9 Å². The van der Waals surface area contributed by atoms with E-state index in [-0.39, 0.29) is 29.5 Å². The maximum atomic E-state index is 13.4. The van der Waals surface area contributed by atoms with Gasteiger partial charge in [-0.15, -0.1) is 0 Å². The quantitative estimate of drug-likeness (QED) is 0.124. The van der Waals surface area contributed by atoms with E-state index in [0.29, 0.717) is 69.6 Å². The Bertz CT molecular complexity index is 1840. The minimum atomic E-state index is -0.783. The Morgan fingerprint density at radius 2 is 1.21 bits per heavy atom. The van der Waals surface area contributed by atoms with Crippen molar-refractivity contribution < 1.29 is 19.2 Å². The monoisotopic (exact) mass is 788 g/mol. The number of carbonyl (C=O) groups excluding carboxylic acids is 4. The molecule has 2 unspecified atom stereocenters. The highest BCUT2D eigenvalue weighted by Gasteiger charge is 2.40. The summed E-state index contributed by atoms with van der Waals surface area (Å²) in [5.74, 6) is 0.679. The first-order valence-electron chi connectivity index (χ1n) is 20.9. The van der Waals surface area contributed by atoms with E-state index in [1.807, 2.05) is 86.7 Å². The second-order valence-electron chi connectivity index (χ2n) is 15.6. The highest BCUT2D eigenvalue weighted by atomic mass is 16.2. The third-order valence-electron chi connectivity index (χ3n) is 11.8. The van der Waals surface area contributed by atoms with Crippen LogP contribution in [0.3, 0.4) is 0 Å². The molecule has 12 nitrogen and oxygen atoms in total. The van der Waals surface area contributed by atoms with E-state index in [2.05, 4.69) is 57.1 Å². The molecule has 2 aromatic rings. The Labute approximate surface area is 343 Å². The standard InChI is InChI=1S/C23H29N5O2.C23H31N3O2/c1-2-25-22(29)21(15-17-9-5-3-6-10-17)28-14-13-19(18-11-7-4-8-12-18)16-20(23(28)30)26-27-24;1-2-25-22(27)21(15-17-9-5-3-6-10-17)26-14-13-19(16-20(24)23(26)28)18-11-7-4-8-12-18/h3-11,18-21H,2,12-16H2,1H3,(H,25,29);3-11,18-21H,2,12-16,24H2,1H3,(H,25,27)/t18?,19-,20-,21-;18-,19?,20-,21-/m00/s1. The molecule has 58 heavy (non-hydrogen) atoms. The zero-order valence-corrected chi connectivity index (χ0v) is 33.9. The predicted octanol–water partition coefficient (Wildman–Crippen LogP) is 6.22. The number of allylic oxidation sites excluding steroid dienone is 8. The van der Waals surface area contributed by atoms with Crippen molar-refractivity contribution >= 4 is 23.6 Å². The molecule has 0 saturated carbocycles. The van der Waals surface area contributed by atoms with Crippen molar-refractivity contribution in [2.75, 3.05) is 26.2 Å². The Morgan fingerprint density at radius 3 is 1.64 bits per heavy atom. The number of hydrogen-bond acceptors (Lipinski definition) is 6. The molecule has 2 aliphatic heterocycles. The second kappa shape index (κ2) is 22.5. The SMILES string of the molecule is CCNC(=O)[C@H](Cc1ccccc1)N1CCC([C@H]2C=CC=CC2)C[C@H](N)C1=O.CCNC(=O)[C@H](Cc1ccccc1)N1CC[C@H](C2C=CC=CC2)C[C@H](N=[N+]=[N-])C1=O. The highest BCUT2D eigenvalue weighted by Crippen LogP contribution is 2.34. The number of nitrogens with two attached hydrogens (primary N) is 1. The average Bonchev–Trinajstić information content (AvgIpc) is 3.51. The van der Waals surface area contributed by atoms with Crippen LogP contribution in [0, 0.1) is 23.7 Å². The lowest BCUT2D eigenvalue weighted by molar-refractivity contribution is -0.141. The van der Waals surface area contributed by atoms with E-state index in [9.17, 15) is 19.2 Å². The molecule has 2 saturated heterocycles. The van der Waals surface area contributed by atoms with Crippen LogP contribution >= 0.6 is 0 Å². The fourth-order valence-corrected chi connectivity index (χ4v) is 8.69. The highest BCUT2D eigenvalue weighted by molar-refractivity contribution is 5.91. The number of rotatable bonds is 13. The molecule has 308 valence electrons. The van der Waals surface area contributed by atoms with Crippen LogP contribution < -0.4 is 16.4 Å². The molecular weight excluding hydrogens is 729 g/mol. The third-order valence-corrected chi connectivity index (χ3v) is 11.8. The first-order chi connectivity index (χ1) is 28.2. The number of likely N-dealkylation sites (N-methyl/N-ethyl adjacent to an activating group) is 2. The van der Waals surface area contributed by atoms with Gasteiger partial charge in [0.15, 0.2) is 0 Å². The van der Waals surface area contributed by atoms with Crippen LogP contribution in [0.15, 0.2) is 114 Å². The average molecular weight is 789 g/mol. The Hall–Kier alpha value is -5.45. The number of carbonyl (C=O) groups is 4. The van der Waals surface area contributed by atoms with E-state index < -0.39 is 24.2 Å². The summed E-state index contributed by atoms with van der Waals surface area (Å²) >= 11 is 0. The van der Waals surface area contributed by atoms with Crippen molar-refractivity contribution in [1.82, 2.24) is 20.4 Å². The van der Waals surface area contributed by atoms with Crippen molar-refractivity contribution in [2.45, 2.75) is 89.4 Å². The van der Waals surface area contributed by atoms with Gasteiger partial charge in [-0.05, 0) is 92.7 Å². The van der Waals surface area contributed by atoms with Gasteiger partial charge < -0.3 is 26.2 Å². The van der Waals surface area contributed by atoms with Gasteiger partial charge in [0.1, 0.15) is 18.1 Å². The molecule has 2 heterocycles. The van der Waals surface area contributed by atoms with Gasteiger partial charge in [0.2, 0.25) is 23.6 Å². The van der Waals surface area contributed by atoms with Crippen LogP contribution in [0.25, 0.3) is 10.4 Å². The van der Waals surface area contributed by atoms with Gasteiger partial charge in [0.05, 0.1) is 6.04 Å². The maximum Gasteiger partial charge on any atom is 0.243 e. The third kappa shape index (κ3) is 12.0. The molecule has 2 aliphatic carbocycles. The minimum absolute atomic E-state index is 0.106. The Kier molecular flexibility index (Phi) is 16.9. The minimum Gasteiger partial charge on any atom is -0.355 e. The van der Waals surface area contributed by atoms with Gasteiger partial charge in [-0.3, -0.25) is 19.2 Å². The number of hydrogen-bond donors (Lipinski definition) is 3. The lowest BCUT2D eigenvalue weighted by Crippen LogP contribution is -2.54. The first-order valence-corrected chi connectivity index (χ1v) is 20.9. The molecule has 6 rings (SSSR count). The normalized spacial score (nSPS) is 25.3. The van der Waals surface area contributed by atoms with Crippen molar-refractivity contribution in [3.05, 3.63) is 131 Å². The van der Waals surface area contributed by atoms with Crippen LogP contribution in [-0.2, 0) is 32.0 Å². The molecule has 2 fully saturated rings. The molecule has 0 radical (unpaired) electrons. The van der Waals surface area contributed by atoms with Crippen molar-refractivity contribution in [3.63, 3.8) is 0 Å². The zero-order valence-electron chi connectivity index (χ0n) is 33.9. The molecule has 8 atom stereocenters. The Balaban J connectivity index is 0.000000221. The summed E-state index contributed by atoms with van der Waals surface area (Å²) in [5, 5.41) is 9.60. The summed E-state index contributed by atoms with van der Waals surface area (Å²) < 4.78 is 0. The van der Waals surface area contributed by atoms with E-state index in [0.717, 1.165) is 36.8 Å². The molecule has 4 N–H and O–H groups in total. The van der Waals surface area contributed by atoms with Gasteiger partial charge in [-0.2, -0.15) is 0 Å². The topological polar surface area (TPSA) is 174 Å². The molecular formula is C46H60N8O4. The summed E-state index contributed by atoms with van der Waals surface area (Å²) in [7, 11) is 0. The van der Waals surface area contributed by atoms with Gasteiger partial charge in [0.25, 0.3) is 0 Å². The second-order valence-corrected chi connectivity index (χ2v) is 15.6. The van der Waals surface area contributed by atoms with Crippen molar-refractivity contribution in [1.29, 1.82) is 0 Å². The number of azide groups is 1. The van der Waals surface area contributed by atoms with Crippen molar-refractivity contribution in [3.8, 4) is 0 Å². The fourth-order valence-electron chi connectivity index (χ4n) is 8.69. The maximum absolute atomic E-state index is 13.4. The van der Waals surface area contributed by atoms with Crippen LogP contribution in [0.4, 0.5) is 0 Å². The number of likely N-dealkylation sites (tertiary alicyclic amines) is 2. The van der Waals surface area contributed by atoms with Gasteiger partial charge in [-0.25, -0.2) is 0 Å². The largest absolute Gasteiger partial charge is 0.355 e. The lowest BCUT2D eigenvalue weighted by atomic mass is 9.81. The van der Waals surface area contributed by atoms with Crippen LogP contribution in [0.2, 0.25) is 0 Å². The summed E-state index contributed by atoms with van der Waals surface area (Å²) in [5.41, 5.74) is 17.4. The number of benzene rings is 2. The summed E-state index contributed by atoms with van der Waals surface area (Å²) in [4.78, 5) is 58.5. The molecule has 4 amide bonds. The number of nitrogens with zero attached hydrogens (tertiary/aromatic N) is 5. The van der Waals surface area contributed by atoms with E-state index in [4.69, 9.17) is 11.3 Å². The number of nitrogens with one attached hydrogen (secondary N) is 2. The molecule has 0 spiro atoms. The van der Waals surface area contributed by atoms with E-state index >= 15 is 0 Å². The Morgan fingerprint density at radius 1 is 0.741 bits per heavy atom. The van der Waals surface area contributed by atoms with Crippen LogP contribution in [-0.4, -0.2) is 83.8 Å². The number of amides is 4. The van der Waals surface area contributed by atoms with E-state index in [1.165, 1.54) is 0 Å². The molecule has 0 bridgehead atoms. The first kappa shape index (κ1) is 43.7. The molecule has 0 aromatic heterocycles. The summed E-state index contributed by atoms with van der Waals surface area (Å²) in [6, 6.07) is 17.1. The van der Waals surface area contributed by atoms with Gasteiger partial charge >= 0.3 is 0 Å². The van der Waals surface area contributed by atoms with Gasteiger partial charge in [-0.1, -0.05) is 114 Å². The van der Waals surface area contributed by atoms with Crippen molar-refractivity contribution in [2.24, 2.45) is 34.5 Å². The fraction of sp³-hybridized carbons (Fsp3) is 0.478. The predicted molar refractivity (Wildman–Crippen MR) is 228 cm³/mol. The summed E-state index contributed by atoms with van der Waals surface area (Å²) in [6.07, 6.45) is 22.6. The van der Waals surface area contributed by atoms with Crippen LogP contribution in [0.1, 0.15) is 63.5 Å². The van der Waals surface area contributed by atoms with Crippen LogP contribution in [0.5, 0.6) is 0 Å². The molecule has 2 aromatic carbocycles. The molecule has 4 aliphatic rings. The van der Waals surface area contributed by atoms with E-state index in [1.54, 1.807) is 9.80 Å². The summed E-state index contributed by atoms with van der Waals surface area (Å²) in [6.45, 7) is 5.84.